The van der Waals surface area contributed by atoms with Crippen LogP contribution in [0.15, 0.2) is 47.4 Å². The highest BCUT2D eigenvalue weighted by atomic mass is 35.5. The lowest BCUT2D eigenvalue weighted by molar-refractivity contribution is -0.120. The molecule has 1 atom stereocenters. The smallest absolute Gasteiger partial charge is 0.243 e. The van der Waals surface area contributed by atoms with Crippen LogP contribution in [-0.4, -0.2) is 38.3 Å². The minimum atomic E-state index is -3.70. The van der Waals surface area contributed by atoms with E-state index >= 15 is 0 Å². The molecule has 1 N–H and O–H groups in total. The number of hydrogen-bond acceptors (Lipinski definition) is 4. The molecule has 3 rings (SSSR count). The zero-order chi connectivity index (χ0) is 21.0. The molecular weight excluding hydrogens is 435 g/mol. The lowest BCUT2D eigenvalue weighted by Gasteiger charge is -2.31. The summed E-state index contributed by atoms with van der Waals surface area (Å²) in [6.07, 6.45) is 1.17. The van der Waals surface area contributed by atoms with Gasteiger partial charge in [0.25, 0.3) is 0 Å². The van der Waals surface area contributed by atoms with Gasteiger partial charge in [-0.1, -0.05) is 29.3 Å². The maximum absolute atomic E-state index is 13.0. The molecule has 0 unspecified atom stereocenters. The summed E-state index contributed by atoms with van der Waals surface area (Å²) >= 11 is 12.2. The second-order valence-electron chi connectivity index (χ2n) is 6.69. The van der Waals surface area contributed by atoms with Crippen LogP contribution in [0, 0.1) is 5.92 Å². The Kier molecular flexibility index (Phi) is 7.05. The van der Waals surface area contributed by atoms with Gasteiger partial charge in [-0.25, -0.2) is 8.42 Å². The third-order valence-electron chi connectivity index (χ3n) is 4.74. The number of nitrogens with zero attached hydrogens (tertiary/aromatic N) is 1. The summed E-state index contributed by atoms with van der Waals surface area (Å²) in [5.41, 5.74) is 0.340. The Bertz CT molecular complexity index is 960. The molecular formula is C20H22Cl2N2O4S. The molecule has 0 aliphatic carbocycles. The summed E-state index contributed by atoms with van der Waals surface area (Å²) in [5.74, 6) is -0.181. The lowest BCUT2D eigenvalue weighted by atomic mass is 9.98. The number of amides is 1. The number of piperidine rings is 1. The number of carbonyl (C=O) groups is 1. The molecule has 1 amide bonds. The van der Waals surface area contributed by atoms with Crippen molar-refractivity contribution >= 4 is 44.8 Å². The zero-order valence-electron chi connectivity index (χ0n) is 15.9. The molecule has 1 saturated heterocycles. The van der Waals surface area contributed by atoms with Gasteiger partial charge < -0.3 is 10.1 Å². The molecule has 1 fully saturated rings. The van der Waals surface area contributed by atoms with Crippen molar-refractivity contribution in [3.63, 3.8) is 0 Å². The van der Waals surface area contributed by atoms with Crippen LogP contribution in [-0.2, 0) is 14.8 Å². The van der Waals surface area contributed by atoms with E-state index in [1.54, 1.807) is 30.3 Å². The van der Waals surface area contributed by atoms with Crippen molar-refractivity contribution in [2.45, 2.75) is 24.7 Å². The highest BCUT2D eigenvalue weighted by molar-refractivity contribution is 7.89. The van der Waals surface area contributed by atoms with E-state index in [4.69, 9.17) is 27.9 Å². The fraction of sp³-hybridized carbons (Fsp3) is 0.350. The first-order chi connectivity index (χ1) is 13.8. The molecule has 0 radical (unpaired) electrons. The van der Waals surface area contributed by atoms with Gasteiger partial charge in [-0.05, 0) is 56.2 Å². The Morgan fingerprint density at radius 3 is 2.45 bits per heavy atom. The van der Waals surface area contributed by atoms with Crippen LogP contribution in [0.5, 0.6) is 5.75 Å². The Morgan fingerprint density at radius 2 is 1.83 bits per heavy atom. The van der Waals surface area contributed by atoms with Crippen LogP contribution in [0.3, 0.4) is 0 Å². The Hall–Kier alpha value is -1.80. The molecule has 9 heteroatoms. The molecule has 1 aliphatic heterocycles. The lowest BCUT2D eigenvalue weighted by Crippen LogP contribution is -2.43. The summed E-state index contributed by atoms with van der Waals surface area (Å²) < 4.78 is 32.7. The van der Waals surface area contributed by atoms with Gasteiger partial charge in [-0.15, -0.1) is 0 Å². The second kappa shape index (κ2) is 9.34. The van der Waals surface area contributed by atoms with Crippen molar-refractivity contribution in [1.29, 1.82) is 0 Å². The zero-order valence-corrected chi connectivity index (χ0v) is 18.2. The number of benzene rings is 2. The fourth-order valence-corrected chi connectivity index (χ4v) is 5.26. The van der Waals surface area contributed by atoms with Crippen molar-refractivity contribution in [1.82, 2.24) is 4.31 Å². The Morgan fingerprint density at radius 1 is 1.17 bits per heavy atom. The number of para-hydroxylation sites is 1. The summed E-state index contributed by atoms with van der Waals surface area (Å²) in [7, 11) is -3.70. The molecule has 1 heterocycles. The molecule has 0 saturated carbocycles. The van der Waals surface area contributed by atoms with E-state index in [0.717, 1.165) is 0 Å². The monoisotopic (exact) mass is 456 g/mol. The molecule has 29 heavy (non-hydrogen) atoms. The van der Waals surface area contributed by atoms with E-state index in [1.165, 1.54) is 16.4 Å². The number of anilines is 1. The maximum Gasteiger partial charge on any atom is 0.243 e. The van der Waals surface area contributed by atoms with Gasteiger partial charge in [-0.2, -0.15) is 4.31 Å². The van der Waals surface area contributed by atoms with Gasteiger partial charge in [0.15, 0.2) is 0 Å². The first kappa shape index (κ1) is 21.9. The Labute approximate surface area is 180 Å². The van der Waals surface area contributed by atoms with Crippen LogP contribution >= 0.6 is 23.2 Å². The van der Waals surface area contributed by atoms with Crippen molar-refractivity contribution in [2.24, 2.45) is 5.92 Å². The van der Waals surface area contributed by atoms with Crippen LogP contribution in [0.1, 0.15) is 19.8 Å². The second-order valence-corrected chi connectivity index (χ2v) is 9.44. The summed E-state index contributed by atoms with van der Waals surface area (Å²) in [5, 5.41) is 3.41. The van der Waals surface area contributed by atoms with E-state index in [9.17, 15) is 13.2 Å². The molecule has 0 bridgehead atoms. The molecule has 2 aromatic rings. The first-order valence-corrected chi connectivity index (χ1v) is 11.5. The molecule has 0 spiro atoms. The van der Waals surface area contributed by atoms with Crippen LogP contribution in [0.25, 0.3) is 0 Å². The van der Waals surface area contributed by atoms with Gasteiger partial charge in [-0.3, -0.25) is 4.79 Å². The molecule has 6 nitrogen and oxygen atoms in total. The average molecular weight is 457 g/mol. The highest BCUT2D eigenvalue weighted by Crippen LogP contribution is 2.31. The minimum Gasteiger partial charge on any atom is -0.494 e. The average Bonchev–Trinajstić information content (AvgIpc) is 2.71. The molecule has 2 aromatic carbocycles. The number of sulfonamides is 1. The van der Waals surface area contributed by atoms with Crippen LogP contribution < -0.4 is 10.1 Å². The topological polar surface area (TPSA) is 75.7 Å². The van der Waals surface area contributed by atoms with E-state index < -0.39 is 15.9 Å². The van der Waals surface area contributed by atoms with Gasteiger partial charge in [0, 0.05) is 13.1 Å². The predicted molar refractivity (Wildman–Crippen MR) is 114 cm³/mol. The van der Waals surface area contributed by atoms with Crippen LogP contribution in [0.2, 0.25) is 10.0 Å². The summed E-state index contributed by atoms with van der Waals surface area (Å²) in [6, 6.07) is 11.3. The third-order valence-corrected chi connectivity index (χ3v) is 7.25. The standard InChI is InChI=1S/C20H22Cl2N2O4S/c1-2-28-15-8-10-16(11-9-15)29(26,27)24-12-4-5-14(13-24)20(25)23-19-17(21)6-3-7-18(19)22/h3,6-11,14H,2,4-5,12-13H2,1H3,(H,23,25)/t14-/m0/s1. The van der Waals surface area contributed by atoms with Gasteiger partial charge in [0.05, 0.1) is 33.2 Å². The summed E-state index contributed by atoms with van der Waals surface area (Å²) in [6.45, 7) is 2.83. The number of nitrogens with one attached hydrogen (secondary N) is 1. The van der Waals surface area contributed by atoms with Crippen molar-refractivity contribution < 1.29 is 17.9 Å². The molecule has 1 aliphatic rings. The van der Waals surface area contributed by atoms with Gasteiger partial charge >= 0.3 is 0 Å². The predicted octanol–water partition coefficient (Wildman–Crippen LogP) is 4.43. The number of hydrogen-bond donors (Lipinski definition) is 1. The number of halogens is 2. The number of carbonyl (C=O) groups excluding carboxylic acids is 1. The first-order valence-electron chi connectivity index (χ1n) is 9.31. The third kappa shape index (κ3) is 5.04. The van der Waals surface area contributed by atoms with Crippen molar-refractivity contribution in [2.75, 3.05) is 25.0 Å². The van der Waals surface area contributed by atoms with E-state index in [-0.39, 0.29) is 17.3 Å². The number of ether oxygens (including phenoxy) is 1. The normalized spacial score (nSPS) is 17.7. The highest BCUT2D eigenvalue weighted by Gasteiger charge is 2.33. The van der Waals surface area contributed by atoms with Gasteiger partial charge in [0.1, 0.15) is 5.75 Å². The summed E-state index contributed by atoms with van der Waals surface area (Å²) in [4.78, 5) is 12.9. The largest absolute Gasteiger partial charge is 0.494 e. The Balaban J connectivity index is 1.73. The van der Waals surface area contributed by atoms with Crippen molar-refractivity contribution in [3.05, 3.63) is 52.5 Å². The SMILES string of the molecule is CCOc1ccc(S(=O)(=O)N2CCC[C@H](C(=O)Nc3c(Cl)cccc3Cl)C2)cc1. The maximum atomic E-state index is 13.0. The molecule has 0 aromatic heterocycles. The van der Waals surface area contributed by atoms with E-state index in [2.05, 4.69) is 5.32 Å². The molecule has 156 valence electrons. The fourth-order valence-electron chi connectivity index (χ4n) is 3.24. The van der Waals surface area contributed by atoms with E-state index in [1.807, 2.05) is 6.92 Å². The number of rotatable bonds is 6. The van der Waals surface area contributed by atoms with Crippen molar-refractivity contribution in [3.8, 4) is 5.75 Å². The minimum absolute atomic E-state index is 0.101. The van der Waals surface area contributed by atoms with Gasteiger partial charge in [0.2, 0.25) is 15.9 Å². The van der Waals surface area contributed by atoms with E-state index in [0.29, 0.717) is 47.5 Å². The van der Waals surface area contributed by atoms with Crippen LogP contribution in [0.4, 0.5) is 5.69 Å². The quantitative estimate of drug-likeness (QED) is 0.697.